The first-order chi connectivity index (χ1) is 12.6. The number of carbonyl (C=O) groups excluding carboxylic acids is 1. The topological polar surface area (TPSA) is 41.6 Å². The number of amides is 1. The van der Waals surface area contributed by atoms with Crippen LogP contribution in [0.5, 0.6) is 5.75 Å². The third-order valence-corrected chi connectivity index (χ3v) is 4.98. The standard InChI is InChI=1S/C22H28N2O2/c1-17-10-11-20(15-18(17)2)26-16-22(25)23-12-6-14-24-13-5-8-19-7-3-4-9-21(19)24/h3-4,7,9-11,15H,5-6,8,12-14,16H2,1-2H3,(H,23,25). The molecule has 1 heterocycles. The van der Waals surface area contributed by atoms with E-state index in [0.29, 0.717) is 6.54 Å². The van der Waals surface area contributed by atoms with Gasteiger partial charge in [-0.1, -0.05) is 24.3 Å². The summed E-state index contributed by atoms with van der Waals surface area (Å²) in [5.41, 5.74) is 5.18. The maximum absolute atomic E-state index is 12.0. The molecule has 1 N–H and O–H groups in total. The fourth-order valence-electron chi connectivity index (χ4n) is 3.35. The lowest BCUT2D eigenvalue weighted by Crippen LogP contribution is -2.34. The van der Waals surface area contributed by atoms with E-state index in [1.165, 1.54) is 35.2 Å². The van der Waals surface area contributed by atoms with Crippen molar-refractivity contribution < 1.29 is 9.53 Å². The average Bonchev–Trinajstić information content (AvgIpc) is 2.66. The van der Waals surface area contributed by atoms with Crippen molar-refractivity contribution in [3.05, 3.63) is 59.2 Å². The summed E-state index contributed by atoms with van der Waals surface area (Å²) in [5.74, 6) is 0.676. The molecule has 0 saturated carbocycles. The lowest BCUT2D eigenvalue weighted by Gasteiger charge is -2.31. The summed E-state index contributed by atoms with van der Waals surface area (Å²) >= 11 is 0. The zero-order valence-corrected chi connectivity index (χ0v) is 15.8. The Morgan fingerprint density at radius 3 is 2.85 bits per heavy atom. The molecule has 2 aromatic carbocycles. The van der Waals surface area contributed by atoms with Gasteiger partial charge >= 0.3 is 0 Å². The zero-order valence-electron chi connectivity index (χ0n) is 15.8. The maximum atomic E-state index is 12.0. The van der Waals surface area contributed by atoms with Crippen LogP contribution in [-0.2, 0) is 11.2 Å². The number of fused-ring (bicyclic) bond motifs is 1. The SMILES string of the molecule is Cc1ccc(OCC(=O)NCCCN2CCCc3ccccc32)cc1C. The number of carbonyl (C=O) groups is 1. The van der Waals surface area contributed by atoms with Gasteiger partial charge in [0.15, 0.2) is 6.61 Å². The van der Waals surface area contributed by atoms with E-state index in [1.54, 1.807) is 0 Å². The van der Waals surface area contributed by atoms with Gasteiger partial charge in [-0.2, -0.15) is 0 Å². The van der Waals surface area contributed by atoms with Gasteiger partial charge in [0.05, 0.1) is 0 Å². The molecule has 0 aromatic heterocycles. The molecule has 0 spiro atoms. The average molecular weight is 352 g/mol. The molecule has 1 amide bonds. The summed E-state index contributed by atoms with van der Waals surface area (Å²) in [5, 5.41) is 2.95. The number of hydrogen-bond acceptors (Lipinski definition) is 3. The summed E-state index contributed by atoms with van der Waals surface area (Å²) in [7, 11) is 0. The molecule has 3 rings (SSSR count). The molecule has 0 bridgehead atoms. The van der Waals surface area contributed by atoms with Crippen molar-refractivity contribution in [1.82, 2.24) is 5.32 Å². The van der Waals surface area contributed by atoms with Crippen LogP contribution in [0.1, 0.15) is 29.5 Å². The first kappa shape index (κ1) is 18.3. The minimum absolute atomic E-state index is 0.0645. The van der Waals surface area contributed by atoms with E-state index in [1.807, 2.05) is 25.1 Å². The molecular weight excluding hydrogens is 324 g/mol. The smallest absolute Gasteiger partial charge is 0.257 e. The monoisotopic (exact) mass is 352 g/mol. The molecule has 0 radical (unpaired) electrons. The van der Waals surface area contributed by atoms with Gasteiger partial charge in [-0.3, -0.25) is 4.79 Å². The van der Waals surface area contributed by atoms with Crippen molar-refractivity contribution in [3.8, 4) is 5.75 Å². The van der Waals surface area contributed by atoms with Gasteiger partial charge in [0, 0.05) is 25.3 Å². The predicted octanol–water partition coefficient (Wildman–Crippen LogP) is 3.64. The number of nitrogens with zero attached hydrogens (tertiary/aromatic N) is 1. The Labute approximate surface area is 156 Å². The number of hydrogen-bond donors (Lipinski definition) is 1. The Morgan fingerprint density at radius 1 is 1.15 bits per heavy atom. The van der Waals surface area contributed by atoms with E-state index < -0.39 is 0 Å². The van der Waals surface area contributed by atoms with Crippen molar-refractivity contribution in [1.29, 1.82) is 0 Å². The van der Waals surface area contributed by atoms with Gasteiger partial charge in [-0.15, -0.1) is 0 Å². The summed E-state index contributed by atoms with van der Waals surface area (Å²) in [6.45, 7) is 6.91. The third kappa shape index (κ3) is 4.78. The van der Waals surface area contributed by atoms with Gasteiger partial charge in [-0.05, 0) is 68.0 Å². The van der Waals surface area contributed by atoms with Gasteiger partial charge in [0.25, 0.3) is 5.91 Å². The molecular formula is C22H28N2O2. The normalized spacial score (nSPS) is 13.2. The van der Waals surface area contributed by atoms with Gasteiger partial charge in [-0.25, -0.2) is 0 Å². The van der Waals surface area contributed by atoms with Crippen LogP contribution in [0.3, 0.4) is 0 Å². The summed E-state index contributed by atoms with van der Waals surface area (Å²) < 4.78 is 5.57. The van der Waals surface area contributed by atoms with Crippen LogP contribution < -0.4 is 15.0 Å². The molecule has 138 valence electrons. The Morgan fingerprint density at radius 2 is 2.00 bits per heavy atom. The second-order valence-electron chi connectivity index (χ2n) is 6.96. The minimum Gasteiger partial charge on any atom is -0.484 e. The second-order valence-corrected chi connectivity index (χ2v) is 6.96. The first-order valence-electron chi connectivity index (χ1n) is 9.43. The number of nitrogens with one attached hydrogen (secondary N) is 1. The van der Waals surface area contributed by atoms with Crippen molar-refractivity contribution >= 4 is 11.6 Å². The zero-order chi connectivity index (χ0) is 18.4. The highest BCUT2D eigenvalue weighted by atomic mass is 16.5. The van der Waals surface area contributed by atoms with Crippen molar-refractivity contribution in [2.45, 2.75) is 33.1 Å². The van der Waals surface area contributed by atoms with Crippen molar-refractivity contribution in [2.24, 2.45) is 0 Å². The minimum atomic E-state index is -0.0673. The molecule has 1 aliphatic rings. The molecule has 26 heavy (non-hydrogen) atoms. The fraction of sp³-hybridized carbons (Fsp3) is 0.409. The molecule has 0 aliphatic carbocycles. The van der Waals surface area contributed by atoms with Crippen LogP contribution in [0.15, 0.2) is 42.5 Å². The van der Waals surface area contributed by atoms with Gasteiger partial charge in [0.2, 0.25) is 0 Å². The van der Waals surface area contributed by atoms with Crippen molar-refractivity contribution in [3.63, 3.8) is 0 Å². The van der Waals surface area contributed by atoms with Crippen molar-refractivity contribution in [2.75, 3.05) is 31.1 Å². The van der Waals surface area contributed by atoms with Crippen LogP contribution in [0, 0.1) is 13.8 Å². The Kier molecular flexibility index (Phi) is 6.16. The molecule has 2 aromatic rings. The van der Waals surface area contributed by atoms with E-state index in [-0.39, 0.29) is 12.5 Å². The number of ether oxygens (including phenoxy) is 1. The molecule has 0 fully saturated rings. The lowest BCUT2D eigenvalue weighted by atomic mass is 10.0. The number of para-hydroxylation sites is 1. The van der Waals surface area contributed by atoms with Crippen LogP contribution in [0.25, 0.3) is 0 Å². The largest absolute Gasteiger partial charge is 0.484 e. The number of anilines is 1. The summed E-state index contributed by atoms with van der Waals surface area (Å²) in [6, 6.07) is 14.5. The predicted molar refractivity (Wildman–Crippen MR) is 106 cm³/mol. The summed E-state index contributed by atoms with van der Waals surface area (Å²) in [4.78, 5) is 14.4. The fourth-order valence-corrected chi connectivity index (χ4v) is 3.35. The molecule has 4 heteroatoms. The third-order valence-electron chi connectivity index (χ3n) is 4.98. The number of aryl methyl sites for hydroxylation is 3. The van der Waals surface area contributed by atoms with E-state index in [0.717, 1.165) is 25.3 Å². The Balaban J connectivity index is 1.37. The molecule has 4 nitrogen and oxygen atoms in total. The molecule has 1 aliphatic heterocycles. The van der Waals surface area contributed by atoms with Crippen LogP contribution in [0.4, 0.5) is 5.69 Å². The van der Waals surface area contributed by atoms with Crippen LogP contribution in [-0.4, -0.2) is 32.1 Å². The first-order valence-corrected chi connectivity index (χ1v) is 9.43. The van der Waals surface area contributed by atoms with E-state index in [4.69, 9.17) is 4.74 Å². The van der Waals surface area contributed by atoms with E-state index in [9.17, 15) is 4.79 Å². The van der Waals surface area contributed by atoms with Gasteiger partial charge in [0.1, 0.15) is 5.75 Å². The Bertz CT molecular complexity index is 758. The second kappa shape index (κ2) is 8.75. The highest BCUT2D eigenvalue weighted by Gasteiger charge is 2.15. The van der Waals surface area contributed by atoms with E-state index >= 15 is 0 Å². The molecule has 0 saturated heterocycles. The maximum Gasteiger partial charge on any atom is 0.257 e. The van der Waals surface area contributed by atoms with Gasteiger partial charge < -0.3 is 15.0 Å². The number of benzene rings is 2. The lowest BCUT2D eigenvalue weighted by molar-refractivity contribution is -0.123. The molecule has 0 atom stereocenters. The number of rotatable bonds is 7. The van der Waals surface area contributed by atoms with Crippen LogP contribution in [0.2, 0.25) is 0 Å². The Hall–Kier alpha value is -2.49. The molecule has 0 unspecified atom stereocenters. The van der Waals surface area contributed by atoms with E-state index in [2.05, 4.69) is 41.4 Å². The highest BCUT2D eigenvalue weighted by molar-refractivity contribution is 5.77. The van der Waals surface area contributed by atoms with Crippen LogP contribution >= 0.6 is 0 Å². The summed E-state index contributed by atoms with van der Waals surface area (Å²) in [6.07, 6.45) is 3.30. The highest BCUT2D eigenvalue weighted by Crippen LogP contribution is 2.26. The quantitative estimate of drug-likeness (QED) is 0.774.